The molecule has 2 aliphatic rings. The molecule has 0 bridgehead atoms. The van der Waals surface area contributed by atoms with Crippen molar-refractivity contribution in [1.29, 1.82) is 0 Å². The lowest BCUT2D eigenvalue weighted by Crippen LogP contribution is -2.49. The zero-order valence-electron chi connectivity index (χ0n) is 19.3. The van der Waals surface area contributed by atoms with Crippen LogP contribution in [0.2, 0.25) is 0 Å². The third kappa shape index (κ3) is 5.83. The van der Waals surface area contributed by atoms with Crippen molar-refractivity contribution in [2.24, 2.45) is 4.99 Å². The van der Waals surface area contributed by atoms with Crippen LogP contribution in [0.1, 0.15) is 42.6 Å². The number of morpholine rings is 1. The van der Waals surface area contributed by atoms with Crippen molar-refractivity contribution < 1.29 is 9.47 Å². The fraction of sp³-hybridized carbons (Fsp3) is 0.500. The van der Waals surface area contributed by atoms with Gasteiger partial charge in [0, 0.05) is 31.7 Å². The molecule has 174 valence electrons. The molecule has 0 aromatic heterocycles. The number of guanidine groups is 1. The topological polar surface area (TPSA) is 46.1 Å². The molecule has 4 rings (SSSR count). The van der Waals surface area contributed by atoms with E-state index in [1.54, 1.807) is 0 Å². The molecule has 2 fully saturated rings. The maximum Gasteiger partial charge on any atom is 0.194 e. The minimum Gasteiger partial charge on any atom is -0.381 e. The average Bonchev–Trinajstić information content (AvgIpc) is 2.83. The van der Waals surface area contributed by atoms with Gasteiger partial charge in [0.2, 0.25) is 0 Å². The first kappa shape index (κ1) is 25.0. The lowest BCUT2D eigenvalue weighted by atomic mass is 9.74. The average molecular weight is 549 g/mol. The van der Waals surface area contributed by atoms with Crippen LogP contribution < -0.4 is 5.32 Å². The third-order valence-electron chi connectivity index (χ3n) is 6.60. The van der Waals surface area contributed by atoms with Crippen molar-refractivity contribution in [1.82, 2.24) is 10.2 Å². The zero-order valence-corrected chi connectivity index (χ0v) is 21.6. The quantitative estimate of drug-likeness (QED) is 0.334. The molecular formula is C26H36IN3O2. The van der Waals surface area contributed by atoms with Gasteiger partial charge < -0.3 is 19.7 Å². The van der Waals surface area contributed by atoms with Gasteiger partial charge >= 0.3 is 0 Å². The van der Waals surface area contributed by atoms with Crippen LogP contribution in [0.15, 0.2) is 59.6 Å². The van der Waals surface area contributed by atoms with E-state index in [1.165, 1.54) is 16.7 Å². The molecule has 1 atom stereocenters. The molecule has 1 unspecified atom stereocenters. The lowest BCUT2D eigenvalue weighted by molar-refractivity contribution is -0.00844. The van der Waals surface area contributed by atoms with Crippen molar-refractivity contribution in [2.75, 3.05) is 46.0 Å². The Morgan fingerprint density at radius 3 is 2.50 bits per heavy atom. The van der Waals surface area contributed by atoms with Crippen molar-refractivity contribution in [3.63, 3.8) is 0 Å². The van der Waals surface area contributed by atoms with Gasteiger partial charge in [0.15, 0.2) is 5.96 Å². The number of nitrogens with zero attached hydrogens (tertiary/aromatic N) is 2. The monoisotopic (exact) mass is 549 g/mol. The van der Waals surface area contributed by atoms with Crippen molar-refractivity contribution >= 4 is 29.9 Å². The fourth-order valence-corrected chi connectivity index (χ4v) is 4.72. The van der Waals surface area contributed by atoms with E-state index in [4.69, 9.17) is 14.5 Å². The van der Waals surface area contributed by atoms with E-state index in [2.05, 4.69) is 78.7 Å². The lowest BCUT2D eigenvalue weighted by Gasteiger charge is -2.38. The van der Waals surface area contributed by atoms with Crippen LogP contribution in [-0.4, -0.2) is 56.9 Å². The molecule has 0 spiro atoms. The SMILES string of the molecule is CCNC(=NCC1(c2ccccc2)CCOCC1)N1CCOC(c2ccccc2C)C1.I. The Balaban J connectivity index is 0.00000289. The molecule has 0 amide bonds. The van der Waals surface area contributed by atoms with Crippen LogP contribution in [0.4, 0.5) is 0 Å². The van der Waals surface area contributed by atoms with Crippen LogP contribution in [0, 0.1) is 6.92 Å². The molecule has 2 aromatic carbocycles. The Labute approximate surface area is 209 Å². The molecule has 2 aliphatic heterocycles. The molecule has 0 saturated carbocycles. The standard InChI is InChI=1S/C26H35N3O2.HI/c1-3-27-25(29-15-18-31-24(19-29)23-12-8-7-9-21(23)2)28-20-26(13-16-30-17-14-26)22-10-5-4-6-11-22;/h4-12,24H,3,13-20H2,1-2H3,(H,27,28);1H. The van der Waals surface area contributed by atoms with E-state index in [1.807, 2.05) is 0 Å². The first-order valence-corrected chi connectivity index (χ1v) is 11.6. The molecule has 0 radical (unpaired) electrons. The summed E-state index contributed by atoms with van der Waals surface area (Å²) in [5.41, 5.74) is 3.97. The summed E-state index contributed by atoms with van der Waals surface area (Å²) in [6, 6.07) is 19.4. The van der Waals surface area contributed by atoms with Gasteiger partial charge in [-0.05, 0) is 43.4 Å². The highest BCUT2D eigenvalue weighted by atomic mass is 127. The summed E-state index contributed by atoms with van der Waals surface area (Å²) >= 11 is 0. The van der Waals surface area contributed by atoms with E-state index >= 15 is 0 Å². The van der Waals surface area contributed by atoms with Crippen molar-refractivity contribution in [2.45, 2.75) is 38.2 Å². The minimum atomic E-state index is 0. The molecule has 2 saturated heterocycles. The molecular weight excluding hydrogens is 513 g/mol. The maximum atomic E-state index is 6.15. The maximum absolute atomic E-state index is 6.15. The van der Waals surface area contributed by atoms with Gasteiger partial charge in [-0.25, -0.2) is 0 Å². The van der Waals surface area contributed by atoms with Gasteiger partial charge in [-0.2, -0.15) is 0 Å². The Kier molecular flexibility index (Phi) is 9.37. The first-order valence-electron chi connectivity index (χ1n) is 11.6. The Bertz CT molecular complexity index is 868. The third-order valence-corrected chi connectivity index (χ3v) is 6.60. The van der Waals surface area contributed by atoms with E-state index in [0.717, 1.165) is 58.2 Å². The largest absolute Gasteiger partial charge is 0.381 e. The predicted octanol–water partition coefficient (Wildman–Crippen LogP) is 4.70. The van der Waals surface area contributed by atoms with Crippen LogP contribution >= 0.6 is 24.0 Å². The molecule has 0 aliphatic carbocycles. The van der Waals surface area contributed by atoms with E-state index in [-0.39, 0.29) is 35.5 Å². The Morgan fingerprint density at radius 1 is 1.06 bits per heavy atom. The van der Waals surface area contributed by atoms with E-state index < -0.39 is 0 Å². The van der Waals surface area contributed by atoms with Crippen LogP contribution in [0.25, 0.3) is 0 Å². The number of hydrogen-bond donors (Lipinski definition) is 1. The molecule has 6 heteroatoms. The highest BCUT2D eigenvalue weighted by Gasteiger charge is 2.35. The van der Waals surface area contributed by atoms with Gasteiger partial charge in [-0.3, -0.25) is 4.99 Å². The van der Waals surface area contributed by atoms with Crippen molar-refractivity contribution in [3.05, 3.63) is 71.3 Å². The summed E-state index contributed by atoms with van der Waals surface area (Å²) in [5.74, 6) is 0.992. The van der Waals surface area contributed by atoms with Gasteiger partial charge in [0.25, 0.3) is 0 Å². The molecule has 1 N–H and O–H groups in total. The highest BCUT2D eigenvalue weighted by molar-refractivity contribution is 14.0. The summed E-state index contributed by atoms with van der Waals surface area (Å²) in [4.78, 5) is 7.54. The molecule has 5 nitrogen and oxygen atoms in total. The summed E-state index contributed by atoms with van der Waals surface area (Å²) < 4.78 is 11.8. The van der Waals surface area contributed by atoms with Gasteiger partial charge in [0.1, 0.15) is 6.10 Å². The van der Waals surface area contributed by atoms with Gasteiger partial charge in [-0.1, -0.05) is 54.6 Å². The number of benzene rings is 2. The van der Waals surface area contributed by atoms with Crippen LogP contribution in [0.5, 0.6) is 0 Å². The Hall–Kier alpha value is -1.64. The summed E-state index contributed by atoms with van der Waals surface area (Å²) in [7, 11) is 0. The van der Waals surface area contributed by atoms with Gasteiger partial charge in [0.05, 0.1) is 19.7 Å². The summed E-state index contributed by atoms with van der Waals surface area (Å²) in [6.45, 7) is 9.90. The zero-order chi connectivity index (χ0) is 21.5. The van der Waals surface area contributed by atoms with Crippen LogP contribution in [0.3, 0.4) is 0 Å². The van der Waals surface area contributed by atoms with E-state index in [0.29, 0.717) is 6.61 Å². The highest BCUT2D eigenvalue weighted by Crippen LogP contribution is 2.35. The number of aryl methyl sites for hydroxylation is 1. The Morgan fingerprint density at radius 2 is 1.78 bits per heavy atom. The number of nitrogens with one attached hydrogen (secondary N) is 1. The minimum absolute atomic E-state index is 0. The number of hydrogen-bond acceptors (Lipinski definition) is 3. The van der Waals surface area contributed by atoms with Crippen LogP contribution in [-0.2, 0) is 14.9 Å². The fourth-order valence-electron chi connectivity index (χ4n) is 4.72. The number of ether oxygens (including phenoxy) is 2. The molecule has 2 aromatic rings. The smallest absolute Gasteiger partial charge is 0.194 e. The molecule has 32 heavy (non-hydrogen) atoms. The van der Waals surface area contributed by atoms with Gasteiger partial charge in [-0.15, -0.1) is 24.0 Å². The first-order chi connectivity index (χ1) is 15.2. The normalized spacial score (nSPS) is 21.0. The predicted molar refractivity (Wildman–Crippen MR) is 141 cm³/mol. The van der Waals surface area contributed by atoms with E-state index in [9.17, 15) is 0 Å². The molecule has 2 heterocycles. The number of halogens is 1. The summed E-state index contributed by atoms with van der Waals surface area (Å²) in [6.07, 6.45) is 2.09. The second kappa shape index (κ2) is 12.0. The van der Waals surface area contributed by atoms with Crippen molar-refractivity contribution in [3.8, 4) is 0 Å². The number of rotatable bonds is 5. The second-order valence-corrected chi connectivity index (χ2v) is 8.59. The second-order valence-electron chi connectivity index (χ2n) is 8.59. The number of aliphatic imine (C=N–C) groups is 1. The summed E-state index contributed by atoms with van der Waals surface area (Å²) in [5, 5.41) is 3.54.